The largest absolute Gasteiger partial charge is 0.166 e. The second-order valence-electron chi connectivity index (χ2n) is 5.03. The summed E-state index contributed by atoms with van der Waals surface area (Å²) in [5.74, 6) is 0. The Morgan fingerprint density at radius 1 is 0.545 bits per heavy atom. The second kappa shape index (κ2) is 7.36. The third-order valence-electron chi connectivity index (χ3n) is 3.36. The molecule has 0 spiro atoms. The van der Waals surface area contributed by atoms with Gasteiger partial charge in [-0.1, -0.05) is 17.7 Å². The molecular weight excluding hydrogens is 514 g/mol. The predicted octanol–water partition coefficient (Wildman–Crippen LogP) is 6.30. The minimum atomic E-state index is -0.0461. The predicted molar refractivity (Wildman–Crippen MR) is 112 cm³/mol. The van der Waals surface area contributed by atoms with E-state index in [0.717, 1.165) is 0 Å². The summed E-state index contributed by atoms with van der Waals surface area (Å²) in [5, 5.41) is 0. The maximum Gasteiger partial charge on any atom is 0.166 e. The summed E-state index contributed by atoms with van der Waals surface area (Å²) in [6.07, 6.45) is 0. The van der Waals surface area contributed by atoms with Crippen molar-refractivity contribution < 1.29 is 0 Å². The van der Waals surface area contributed by atoms with E-state index in [1.165, 1.54) is 27.4 Å². The summed E-state index contributed by atoms with van der Waals surface area (Å²) < 4.78 is 2.55. The van der Waals surface area contributed by atoms with Gasteiger partial charge >= 0.3 is 0 Å². The molecule has 3 aromatic rings. The fourth-order valence-corrected chi connectivity index (χ4v) is 4.98. The van der Waals surface area contributed by atoms with Crippen LogP contribution in [0.2, 0.25) is 0 Å². The third-order valence-corrected chi connectivity index (χ3v) is 7.02. The van der Waals surface area contributed by atoms with Crippen LogP contribution < -0.4 is 0 Å². The van der Waals surface area contributed by atoms with Crippen LogP contribution in [0.4, 0.5) is 0 Å². The van der Waals surface area contributed by atoms with Gasteiger partial charge in [0.25, 0.3) is 0 Å². The lowest BCUT2D eigenvalue weighted by Crippen LogP contribution is -2.04. The fourth-order valence-electron chi connectivity index (χ4n) is 2.22. The molecule has 0 aliphatic heterocycles. The highest BCUT2D eigenvalue weighted by Crippen LogP contribution is 2.32. The number of hydrogen-bond acceptors (Lipinski definition) is 0. The zero-order valence-corrected chi connectivity index (χ0v) is 17.2. The Morgan fingerprint density at radius 3 is 1.23 bits per heavy atom. The Labute approximate surface area is 162 Å². The van der Waals surface area contributed by atoms with Gasteiger partial charge in [0.1, 0.15) is 0 Å². The molecule has 0 radical (unpaired) electrons. The van der Waals surface area contributed by atoms with Crippen LogP contribution in [0.1, 0.15) is 5.56 Å². The summed E-state index contributed by atoms with van der Waals surface area (Å²) in [5.41, 5.74) is 1.30. The molecule has 3 heteroatoms. The SMILES string of the molecule is Cc1ccc([S+](c2ccc(I)cc2)c2ccc(I)cc2)cc1. The lowest BCUT2D eigenvalue weighted by atomic mass is 10.2. The number of rotatable bonds is 3. The quantitative estimate of drug-likeness (QED) is 0.276. The van der Waals surface area contributed by atoms with Gasteiger partial charge in [0, 0.05) is 7.14 Å². The molecule has 3 rings (SSSR count). The first-order valence-electron chi connectivity index (χ1n) is 6.95. The maximum atomic E-state index is 2.36. The minimum absolute atomic E-state index is 0.0461. The van der Waals surface area contributed by atoms with Crippen molar-refractivity contribution in [3.63, 3.8) is 0 Å². The van der Waals surface area contributed by atoms with Crippen molar-refractivity contribution in [2.24, 2.45) is 0 Å². The number of aryl methyl sites for hydroxylation is 1. The number of hydrogen-bond donors (Lipinski definition) is 0. The van der Waals surface area contributed by atoms with E-state index in [1.54, 1.807) is 0 Å². The monoisotopic (exact) mass is 529 g/mol. The Kier molecular flexibility index (Phi) is 5.46. The smallest absolute Gasteiger partial charge is 0.0543 e. The zero-order valence-electron chi connectivity index (χ0n) is 12.1. The fraction of sp³-hybridized carbons (Fsp3) is 0.0526. The average Bonchev–Trinajstić information content (AvgIpc) is 2.53. The molecule has 0 N–H and O–H groups in total. The Morgan fingerprint density at radius 2 is 0.864 bits per heavy atom. The van der Waals surface area contributed by atoms with Gasteiger partial charge in [-0.05, 0) is 113 Å². The molecular formula is C19H15I2S+. The van der Waals surface area contributed by atoms with Crippen LogP contribution in [-0.2, 0) is 10.9 Å². The molecule has 0 nitrogen and oxygen atoms in total. The van der Waals surface area contributed by atoms with Crippen LogP contribution in [-0.4, -0.2) is 0 Å². The summed E-state index contributed by atoms with van der Waals surface area (Å²) in [7, 11) is -0.0461. The van der Waals surface area contributed by atoms with Gasteiger partial charge in [0.2, 0.25) is 0 Å². The molecule has 0 amide bonds. The first-order chi connectivity index (χ1) is 10.6. The van der Waals surface area contributed by atoms with E-state index in [9.17, 15) is 0 Å². The molecule has 110 valence electrons. The molecule has 0 saturated carbocycles. The van der Waals surface area contributed by atoms with Gasteiger partial charge < -0.3 is 0 Å². The Balaban J connectivity index is 2.10. The molecule has 0 heterocycles. The van der Waals surface area contributed by atoms with Gasteiger partial charge in [-0.2, -0.15) is 0 Å². The van der Waals surface area contributed by atoms with E-state index in [4.69, 9.17) is 0 Å². The van der Waals surface area contributed by atoms with Crippen molar-refractivity contribution >= 4 is 56.1 Å². The van der Waals surface area contributed by atoms with Crippen LogP contribution in [0, 0.1) is 14.1 Å². The van der Waals surface area contributed by atoms with Crippen LogP contribution in [0.3, 0.4) is 0 Å². The molecule has 0 aliphatic carbocycles. The van der Waals surface area contributed by atoms with E-state index < -0.39 is 0 Å². The molecule has 0 aromatic heterocycles. The van der Waals surface area contributed by atoms with Crippen LogP contribution in [0.15, 0.2) is 87.5 Å². The average molecular weight is 529 g/mol. The molecule has 0 unspecified atom stereocenters. The van der Waals surface area contributed by atoms with Gasteiger partial charge in [-0.3, -0.25) is 0 Å². The summed E-state index contributed by atoms with van der Waals surface area (Å²) >= 11 is 4.72. The van der Waals surface area contributed by atoms with Crippen molar-refractivity contribution in [1.29, 1.82) is 0 Å². The van der Waals surface area contributed by atoms with E-state index in [-0.39, 0.29) is 10.9 Å². The molecule has 0 fully saturated rings. The minimum Gasteiger partial charge on any atom is -0.0543 e. The van der Waals surface area contributed by atoms with Crippen molar-refractivity contribution in [2.75, 3.05) is 0 Å². The lowest BCUT2D eigenvalue weighted by molar-refractivity contribution is 1.29. The molecule has 3 aromatic carbocycles. The highest BCUT2D eigenvalue weighted by atomic mass is 127. The molecule has 0 aliphatic rings. The maximum absolute atomic E-state index is 2.36. The Bertz CT molecular complexity index is 639. The van der Waals surface area contributed by atoms with E-state index in [1.807, 2.05) is 0 Å². The van der Waals surface area contributed by atoms with E-state index in [0.29, 0.717) is 0 Å². The van der Waals surface area contributed by atoms with Crippen molar-refractivity contribution in [2.45, 2.75) is 21.6 Å². The number of benzene rings is 3. The van der Waals surface area contributed by atoms with Gasteiger partial charge in [-0.15, -0.1) is 0 Å². The van der Waals surface area contributed by atoms with Crippen molar-refractivity contribution in [1.82, 2.24) is 0 Å². The third kappa shape index (κ3) is 3.86. The summed E-state index contributed by atoms with van der Waals surface area (Å²) in [4.78, 5) is 4.10. The normalized spacial score (nSPS) is 10.9. The Hall–Kier alpha value is -0.530. The van der Waals surface area contributed by atoms with Gasteiger partial charge in [-0.25, -0.2) is 0 Å². The number of halogens is 2. The molecule has 0 bridgehead atoms. The van der Waals surface area contributed by atoms with E-state index >= 15 is 0 Å². The van der Waals surface area contributed by atoms with Crippen LogP contribution in [0.5, 0.6) is 0 Å². The van der Waals surface area contributed by atoms with Gasteiger partial charge in [0.05, 0.1) is 10.9 Å². The van der Waals surface area contributed by atoms with E-state index in [2.05, 4.69) is 125 Å². The molecule has 0 saturated heterocycles. The van der Waals surface area contributed by atoms with Crippen LogP contribution in [0.25, 0.3) is 0 Å². The first-order valence-corrected chi connectivity index (χ1v) is 10.3. The standard InChI is InChI=1S/C19H15I2S/c1-14-2-8-17(9-3-14)22(18-10-4-15(20)5-11-18)19-12-6-16(21)7-13-19/h2-13H,1H3/q+1. The lowest BCUT2D eigenvalue weighted by Gasteiger charge is -2.08. The first kappa shape index (κ1) is 16.3. The van der Waals surface area contributed by atoms with Gasteiger partial charge in [0.15, 0.2) is 14.7 Å². The summed E-state index contributed by atoms with van der Waals surface area (Å²) in [6.45, 7) is 2.14. The molecule has 22 heavy (non-hydrogen) atoms. The van der Waals surface area contributed by atoms with Crippen molar-refractivity contribution in [3.05, 3.63) is 85.5 Å². The topological polar surface area (TPSA) is 0 Å². The highest BCUT2D eigenvalue weighted by molar-refractivity contribution is 14.1. The zero-order chi connectivity index (χ0) is 15.5. The second-order valence-corrected chi connectivity index (χ2v) is 9.54. The van der Waals surface area contributed by atoms with Crippen LogP contribution >= 0.6 is 45.2 Å². The highest BCUT2D eigenvalue weighted by Gasteiger charge is 2.28. The van der Waals surface area contributed by atoms with Crippen molar-refractivity contribution in [3.8, 4) is 0 Å². The summed E-state index contributed by atoms with van der Waals surface area (Å²) in [6, 6.07) is 26.7. The molecule has 0 atom stereocenters.